The van der Waals surface area contributed by atoms with Gasteiger partial charge in [-0.05, 0) is 34.6 Å². The van der Waals surface area contributed by atoms with E-state index < -0.39 is 0 Å². The monoisotopic (exact) mass is 347 g/mol. The number of ether oxygens (including phenoxy) is 2. The second-order valence-electron chi connectivity index (χ2n) is 7.20. The van der Waals surface area contributed by atoms with Crippen molar-refractivity contribution in [2.75, 3.05) is 19.8 Å². The highest BCUT2D eigenvalue weighted by Crippen LogP contribution is 2.55. The molecule has 4 aliphatic rings. The van der Waals surface area contributed by atoms with E-state index in [1.807, 2.05) is 0 Å². The maximum absolute atomic E-state index is 12.4. The van der Waals surface area contributed by atoms with Gasteiger partial charge in [-0.2, -0.15) is 0 Å². The van der Waals surface area contributed by atoms with E-state index in [-0.39, 0.29) is 11.7 Å². The van der Waals surface area contributed by atoms with Gasteiger partial charge in [0.2, 0.25) is 5.76 Å². The number of benzene rings is 2. The Morgan fingerprint density at radius 2 is 1.62 bits per heavy atom. The third kappa shape index (κ3) is 2.40. The first-order valence-electron chi connectivity index (χ1n) is 9.23. The van der Waals surface area contributed by atoms with Crippen molar-refractivity contribution < 1.29 is 14.3 Å². The number of carbonyl (C=O) groups excluding carboxylic acids is 1. The van der Waals surface area contributed by atoms with Crippen LogP contribution in [0.25, 0.3) is 0 Å². The molecule has 4 nitrogen and oxygen atoms in total. The predicted molar refractivity (Wildman–Crippen MR) is 97.7 cm³/mol. The van der Waals surface area contributed by atoms with Crippen molar-refractivity contribution in [2.45, 2.75) is 18.3 Å². The zero-order chi connectivity index (χ0) is 17.5. The zero-order valence-corrected chi connectivity index (χ0v) is 14.5. The van der Waals surface area contributed by atoms with Gasteiger partial charge < -0.3 is 14.8 Å². The molecule has 2 aromatic rings. The van der Waals surface area contributed by atoms with Crippen LogP contribution < -0.4 is 5.32 Å². The molecule has 26 heavy (non-hydrogen) atoms. The molecule has 0 saturated heterocycles. The Morgan fingerprint density at radius 3 is 2.23 bits per heavy atom. The molecule has 0 spiro atoms. The Labute approximate surface area is 152 Å². The number of carbonyl (C=O) groups is 1. The van der Waals surface area contributed by atoms with E-state index in [0.29, 0.717) is 37.5 Å². The summed E-state index contributed by atoms with van der Waals surface area (Å²) in [6.45, 7) is 1.56. The van der Waals surface area contributed by atoms with Gasteiger partial charge in [-0.1, -0.05) is 48.5 Å². The van der Waals surface area contributed by atoms with Gasteiger partial charge in [0, 0.05) is 18.4 Å². The minimum Gasteiger partial charge on any atom is -0.494 e. The molecule has 4 heteroatoms. The van der Waals surface area contributed by atoms with Gasteiger partial charge in [0.05, 0.1) is 0 Å². The van der Waals surface area contributed by atoms with Crippen molar-refractivity contribution in [3.63, 3.8) is 0 Å². The largest absolute Gasteiger partial charge is 0.494 e. The van der Waals surface area contributed by atoms with Crippen LogP contribution in [-0.4, -0.2) is 25.7 Å². The van der Waals surface area contributed by atoms with E-state index >= 15 is 0 Å². The van der Waals surface area contributed by atoms with Gasteiger partial charge in [-0.25, -0.2) is 0 Å². The van der Waals surface area contributed by atoms with Crippen molar-refractivity contribution in [1.29, 1.82) is 0 Å². The maximum atomic E-state index is 12.4. The van der Waals surface area contributed by atoms with Crippen LogP contribution in [0.2, 0.25) is 0 Å². The van der Waals surface area contributed by atoms with Gasteiger partial charge in [0.1, 0.15) is 19.5 Å². The Morgan fingerprint density at radius 1 is 0.962 bits per heavy atom. The molecule has 0 aromatic heterocycles. The summed E-state index contributed by atoms with van der Waals surface area (Å²) in [5.74, 6) is 1.23. The SMILES string of the molecule is O=C(NCC1CC2c3ccccc3C1c1ccccc12)C1=COCCO1. The summed E-state index contributed by atoms with van der Waals surface area (Å²) in [7, 11) is 0. The lowest BCUT2D eigenvalue weighted by Crippen LogP contribution is -2.40. The highest BCUT2D eigenvalue weighted by Gasteiger charge is 2.42. The molecule has 1 N–H and O–H groups in total. The summed E-state index contributed by atoms with van der Waals surface area (Å²) < 4.78 is 10.6. The van der Waals surface area contributed by atoms with Crippen LogP contribution in [0.15, 0.2) is 60.6 Å². The van der Waals surface area contributed by atoms with Crippen molar-refractivity contribution >= 4 is 5.91 Å². The van der Waals surface area contributed by atoms with E-state index in [1.54, 1.807) is 0 Å². The van der Waals surface area contributed by atoms with Crippen LogP contribution in [-0.2, 0) is 14.3 Å². The van der Waals surface area contributed by atoms with E-state index in [9.17, 15) is 4.79 Å². The van der Waals surface area contributed by atoms with Crippen molar-refractivity contribution in [2.24, 2.45) is 5.92 Å². The summed E-state index contributed by atoms with van der Waals surface area (Å²) in [6.07, 6.45) is 2.48. The number of nitrogens with one attached hydrogen (secondary N) is 1. The Balaban J connectivity index is 1.42. The zero-order valence-electron chi connectivity index (χ0n) is 14.5. The average Bonchev–Trinajstić information content (AvgIpc) is 2.73. The summed E-state index contributed by atoms with van der Waals surface area (Å²) in [6, 6.07) is 17.5. The van der Waals surface area contributed by atoms with Crippen LogP contribution in [0.1, 0.15) is 40.5 Å². The van der Waals surface area contributed by atoms with Gasteiger partial charge in [-0.3, -0.25) is 4.79 Å². The summed E-state index contributed by atoms with van der Waals surface area (Å²) in [5.41, 5.74) is 5.73. The fourth-order valence-electron chi connectivity index (χ4n) is 4.76. The van der Waals surface area contributed by atoms with Gasteiger partial charge in [-0.15, -0.1) is 0 Å². The van der Waals surface area contributed by atoms with Crippen molar-refractivity contribution in [3.8, 4) is 0 Å². The fraction of sp³-hybridized carbons (Fsp3) is 0.318. The molecule has 0 saturated carbocycles. The fourth-order valence-corrected chi connectivity index (χ4v) is 4.76. The third-order valence-corrected chi connectivity index (χ3v) is 5.82. The molecule has 1 atom stereocenters. The van der Waals surface area contributed by atoms with Gasteiger partial charge in [0.25, 0.3) is 5.91 Å². The molecule has 3 aliphatic carbocycles. The molecule has 2 aromatic carbocycles. The lowest BCUT2D eigenvalue weighted by molar-refractivity contribution is -0.122. The number of hydrogen-bond acceptors (Lipinski definition) is 3. The summed E-state index contributed by atoms with van der Waals surface area (Å²) >= 11 is 0. The molecule has 1 heterocycles. The molecule has 6 rings (SSSR count). The lowest BCUT2D eigenvalue weighted by Gasteiger charge is -2.45. The minimum atomic E-state index is -0.187. The van der Waals surface area contributed by atoms with E-state index in [1.165, 1.54) is 28.5 Å². The molecular formula is C22H21NO3. The number of hydrogen-bond donors (Lipinski definition) is 1. The van der Waals surface area contributed by atoms with E-state index in [0.717, 1.165) is 6.42 Å². The Hall–Kier alpha value is -2.75. The highest BCUT2D eigenvalue weighted by atomic mass is 16.6. The van der Waals surface area contributed by atoms with E-state index in [4.69, 9.17) is 9.47 Å². The number of amides is 1. The van der Waals surface area contributed by atoms with Crippen molar-refractivity contribution in [1.82, 2.24) is 5.32 Å². The first-order valence-corrected chi connectivity index (χ1v) is 9.23. The first kappa shape index (κ1) is 15.5. The quantitative estimate of drug-likeness (QED) is 0.927. The second kappa shape index (κ2) is 6.20. The predicted octanol–water partition coefficient (Wildman–Crippen LogP) is 3.29. The lowest BCUT2D eigenvalue weighted by atomic mass is 9.59. The minimum absolute atomic E-state index is 0.187. The molecule has 1 aliphatic heterocycles. The number of rotatable bonds is 3. The van der Waals surface area contributed by atoms with Crippen LogP contribution in [0.3, 0.4) is 0 Å². The first-order chi connectivity index (χ1) is 12.8. The molecule has 132 valence electrons. The second-order valence-corrected chi connectivity index (χ2v) is 7.20. The smallest absolute Gasteiger partial charge is 0.289 e. The normalized spacial score (nSPS) is 25.2. The summed E-state index contributed by atoms with van der Waals surface area (Å²) in [4.78, 5) is 12.4. The van der Waals surface area contributed by atoms with Gasteiger partial charge in [0.15, 0.2) is 0 Å². The molecular weight excluding hydrogens is 326 g/mol. The maximum Gasteiger partial charge on any atom is 0.289 e. The Bertz CT molecular complexity index is 841. The van der Waals surface area contributed by atoms with Crippen LogP contribution in [0.4, 0.5) is 0 Å². The average molecular weight is 347 g/mol. The third-order valence-electron chi connectivity index (χ3n) is 5.82. The van der Waals surface area contributed by atoms with Crippen LogP contribution in [0, 0.1) is 5.92 Å². The molecule has 0 fully saturated rings. The van der Waals surface area contributed by atoms with Gasteiger partial charge >= 0.3 is 0 Å². The highest BCUT2D eigenvalue weighted by molar-refractivity contribution is 5.91. The molecule has 1 amide bonds. The standard InChI is InChI=1S/C22H21NO3/c24-22(20-13-25-9-10-26-20)23-12-14-11-19-15-5-1-3-7-17(15)21(14)18-8-4-2-6-16(18)19/h1-8,13-14,19,21H,9-12H2,(H,23,24). The topological polar surface area (TPSA) is 47.6 Å². The molecule has 2 bridgehead atoms. The number of fused-ring (bicyclic) bond motifs is 1. The van der Waals surface area contributed by atoms with Crippen LogP contribution >= 0.6 is 0 Å². The molecule has 1 unspecified atom stereocenters. The summed E-state index contributed by atoms with van der Waals surface area (Å²) in [5, 5.41) is 3.06. The Kier molecular flexibility index (Phi) is 3.70. The van der Waals surface area contributed by atoms with Crippen molar-refractivity contribution in [3.05, 3.63) is 82.8 Å². The van der Waals surface area contributed by atoms with E-state index in [2.05, 4.69) is 53.8 Å². The van der Waals surface area contributed by atoms with Crippen LogP contribution in [0.5, 0.6) is 0 Å². The molecule has 0 radical (unpaired) electrons.